The molecule has 1 aromatic carbocycles. The van der Waals surface area contributed by atoms with Gasteiger partial charge in [-0.15, -0.1) is 11.3 Å². The van der Waals surface area contributed by atoms with Crippen LogP contribution in [0.1, 0.15) is 9.67 Å². The monoisotopic (exact) mass is 325 g/mol. The molecule has 1 aliphatic heterocycles. The summed E-state index contributed by atoms with van der Waals surface area (Å²) in [5, 5.41) is 1.70. The number of rotatable bonds is 3. The summed E-state index contributed by atoms with van der Waals surface area (Å²) in [4.78, 5) is 12.1. The molecule has 110 valence electrons. The van der Waals surface area contributed by atoms with Crippen LogP contribution in [0.5, 0.6) is 11.5 Å². The van der Waals surface area contributed by atoms with Crippen LogP contribution in [0.15, 0.2) is 40.6 Å². The zero-order valence-corrected chi connectivity index (χ0v) is 12.4. The van der Waals surface area contributed by atoms with Crippen LogP contribution in [0.4, 0.5) is 0 Å². The van der Waals surface area contributed by atoms with Crippen molar-refractivity contribution in [2.45, 2.75) is 4.90 Å². The summed E-state index contributed by atoms with van der Waals surface area (Å²) in [7, 11) is -3.95. The van der Waals surface area contributed by atoms with Crippen molar-refractivity contribution in [2.75, 3.05) is 13.2 Å². The van der Waals surface area contributed by atoms with E-state index < -0.39 is 15.9 Å². The highest BCUT2D eigenvalue weighted by atomic mass is 32.2. The molecule has 1 amide bonds. The SMILES string of the molecule is O=C(NS(=O)(=O)c1ccc2c(c1)OCCO2)c1cccs1. The number of nitrogens with one attached hydrogen (secondary N) is 1. The summed E-state index contributed by atoms with van der Waals surface area (Å²) in [6, 6.07) is 7.46. The van der Waals surface area contributed by atoms with Gasteiger partial charge >= 0.3 is 0 Å². The van der Waals surface area contributed by atoms with E-state index >= 15 is 0 Å². The Morgan fingerprint density at radius 1 is 1.14 bits per heavy atom. The van der Waals surface area contributed by atoms with E-state index in [4.69, 9.17) is 9.47 Å². The van der Waals surface area contributed by atoms with Gasteiger partial charge in [-0.05, 0) is 23.6 Å². The van der Waals surface area contributed by atoms with Gasteiger partial charge in [-0.2, -0.15) is 0 Å². The predicted molar refractivity (Wildman–Crippen MR) is 76.4 cm³/mol. The third kappa shape index (κ3) is 2.86. The zero-order valence-electron chi connectivity index (χ0n) is 10.7. The molecule has 0 fully saturated rings. The van der Waals surface area contributed by atoms with Gasteiger partial charge < -0.3 is 9.47 Å². The Bertz CT molecular complexity index is 768. The average Bonchev–Trinajstić information content (AvgIpc) is 3.00. The van der Waals surface area contributed by atoms with E-state index in [1.165, 1.54) is 29.5 Å². The highest BCUT2D eigenvalue weighted by Crippen LogP contribution is 2.32. The van der Waals surface area contributed by atoms with Crippen LogP contribution in [0.25, 0.3) is 0 Å². The molecule has 1 N–H and O–H groups in total. The number of amides is 1. The molecular weight excluding hydrogens is 314 g/mol. The first-order chi connectivity index (χ1) is 10.1. The minimum Gasteiger partial charge on any atom is -0.486 e. The molecular formula is C13H11NO5S2. The van der Waals surface area contributed by atoms with Crippen molar-refractivity contribution < 1.29 is 22.7 Å². The topological polar surface area (TPSA) is 81.7 Å². The lowest BCUT2D eigenvalue weighted by molar-refractivity contribution is 0.0985. The van der Waals surface area contributed by atoms with E-state index in [9.17, 15) is 13.2 Å². The number of sulfonamides is 1. The largest absolute Gasteiger partial charge is 0.486 e. The second kappa shape index (κ2) is 5.38. The molecule has 0 aliphatic carbocycles. The Morgan fingerprint density at radius 2 is 1.90 bits per heavy atom. The molecule has 8 heteroatoms. The van der Waals surface area contributed by atoms with Gasteiger partial charge in [-0.3, -0.25) is 4.79 Å². The molecule has 1 aliphatic rings. The lowest BCUT2D eigenvalue weighted by Crippen LogP contribution is -2.30. The molecule has 0 saturated heterocycles. The van der Waals surface area contributed by atoms with Crippen molar-refractivity contribution in [3.8, 4) is 11.5 Å². The fourth-order valence-corrected chi connectivity index (χ4v) is 3.49. The third-order valence-corrected chi connectivity index (χ3v) is 4.99. The van der Waals surface area contributed by atoms with E-state index in [1.807, 2.05) is 4.72 Å². The van der Waals surface area contributed by atoms with Crippen LogP contribution in [-0.4, -0.2) is 27.5 Å². The van der Waals surface area contributed by atoms with Crippen molar-refractivity contribution in [1.29, 1.82) is 0 Å². The van der Waals surface area contributed by atoms with Crippen molar-refractivity contribution in [1.82, 2.24) is 4.72 Å². The van der Waals surface area contributed by atoms with Crippen LogP contribution >= 0.6 is 11.3 Å². The molecule has 0 saturated carbocycles. The number of hydrogen-bond donors (Lipinski definition) is 1. The zero-order chi connectivity index (χ0) is 14.9. The van der Waals surface area contributed by atoms with Gasteiger partial charge in [0, 0.05) is 6.07 Å². The first kappa shape index (κ1) is 13.9. The summed E-state index contributed by atoms with van der Waals surface area (Å²) in [6.07, 6.45) is 0. The Balaban J connectivity index is 1.86. The Hall–Kier alpha value is -2.06. The number of ether oxygens (including phenoxy) is 2. The minimum atomic E-state index is -3.95. The Labute approximate surface area is 125 Å². The fraction of sp³-hybridized carbons (Fsp3) is 0.154. The second-order valence-corrected chi connectivity index (χ2v) is 6.85. The van der Waals surface area contributed by atoms with E-state index in [0.717, 1.165) is 0 Å². The van der Waals surface area contributed by atoms with E-state index in [-0.39, 0.29) is 4.90 Å². The lowest BCUT2D eigenvalue weighted by atomic mass is 10.3. The van der Waals surface area contributed by atoms with Gasteiger partial charge in [-0.1, -0.05) is 6.07 Å². The number of carbonyl (C=O) groups excluding carboxylic acids is 1. The average molecular weight is 325 g/mol. The normalized spacial score (nSPS) is 13.7. The van der Waals surface area contributed by atoms with Gasteiger partial charge in [0.2, 0.25) is 0 Å². The number of hydrogen-bond acceptors (Lipinski definition) is 6. The molecule has 2 aromatic rings. The standard InChI is InChI=1S/C13H11NO5S2/c15-13(12-2-1-7-20-12)14-21(16,17)9-3-4-10-11(8-9)19-6-5-18-10/h1-4,7-8H,5-6H2,(H,14,15). The summed E-state index contributed by atoms with van der Waals surface area (Å²) in [5.74, 6) is 0.192. The van der Waals surface area contributed by atoms with Crippen molar-refractivity contribution >= 4 is 27.3 Å². The van der Waals surface area contributed by atoms with E-state index in [1.54, 1.807) is 17.5 Å². The summed E-state index contributed by atoms with van der Waals surface area (Å²) in [5.41, 5.74) is 0. The number of carbonyl (C=O) groups is 1. The van der Waals surface area contributed by atoms with Gasteiger partial charge in [0.05, 0.1) is 9.77 Å². The molecule has 0 radical (unpaired) electrons. The van der Waals surface area contributed by atoms with Gasteiger partial charge in [0.15, 0.2) is 11.5 Å². The van der Waals surface area contributed by atoms with Crippen LogP contribution in [0, 0.1) is 0 Å². The maximum atomic E-state index is 12.2. The van der Waals surface area contributed by atoms with E-state index in [0.29, 0.717) is 29.6 Å². The fourth-order valence-electron chi connectivity index (χ4n) is 1.83. The maximum absolute atomic E-state index is 12.2. The van der Waals surface area contributed by atoms with Gasteiger partial charge in [0.25, 0.3) is 15.9 Å². The molecule has 2 heterocycles. The highest BCUT2D eigenvalue weighted by Gasteiger charge is 2.22. The second-order valence-electron chi connectivity index (χ2n) is 4.22. The molecule has 0 atom stereocenters. The molecule has 1 aromatic heterocycles. The van der Waals surface area contributed by atoms with Crippen LogP contribution in [-0.2, 0) is 10.0 Å². The van der Waals surface area contributed by atoms with E-state index in [2.05, 4.69) is 0 Å². The summed E-state index contributed by atoms with van der Waals surface area (Å²) < 4.78 is 37.1. The molecule has 0 unspecified atom stereocenters. The lowest BCUT2D eigenvalue weighted by Gasteiger charge is -2.18. The number of fused-ring (bicyclic) bond motifs is 1. The first-order valence-electron chi connectivity index (χ1n) is 6.06. The van der Waals surface area contributed by atoms with Crippen LogP contribution < -0.4 is 14.2 Å². The molecule has 0 bridgehead atoms. The predicted octanol–water partition coefficient (Wildman–Crippen LogP) is 1.64. The van der Waals surface area contributed by atoms with Gasteiger partial charge in [0.1, 0.15) is 13.2 Å². The molecule has 3 rings (SSSR count). The number of thiophene rings is 1. The first-order valence-corrected chi connectivity index (χ1v) is 8.43. The molecule has 6 nitrogen and oxygen atoms in total. The van der Waals surface area contributed by atoms with Gasteiger partial charge in [-0.25, -0.2) is 13.1 Å². The maximum Gasteiger partial charge on any atom is 0.275 e. The number of benzene rings is 1. The Morgan fingerprint density at radius 3 is 2.62 bits per heavy atom. The third-order valence-electron chi connectivity index (χ3n) is 2.80. The summed E-state index contributed by atoms with van der Waals surface area (Å²) in [6.45, 7) is 0.784. The van der Waals surface area contributed by atoms with Crippen molar-refractivity contribution in [2.24, 2.45) is 0 Å². The quantitative estimate of drug-likeness (QED) is 0.928. The Kier molecular flexibility index (Phi) is 3.56. The minimum absolute atomic E-state index is 0.0448. The molecule has 21 heavy (non-hydrogen) atoms. The van der Waals surface area contributed by atoms with Crippen molar-refractivity contribution in [3.05, 3.63) is 40.6 Å². The van der Waals surface area contributed by atoms with Crippen LogP contribution in [0.2, 0.25) is 0 Å². The summed E-state index contributed by atoms with van der Waals surface area (Å²) >= 11 is 1.17. The van der Waals surface area contributed by atoms with Crippen LogP contribution in [0.3, 0.4) is 0 Å². The smallest absolute Gasteiger partial charge is 0.275 e. The molecule has 0 spiro atoms. The van der Waals surface area contributed by atoms with Crippen molar-refractivity contribution in [3.63, 3.8) is 0 Å². The highest BCUT2D eigenvalue weighted by molar-refractivity contribution is 7.90.